The molecule has 0 bridgehead atoms. The number of amides is 2. The highest BCUT2D eigenvalue weighted by Gasteiger charge is 3.00. The van der Waals surface area contributed by atoms with Gasteiger partial charge in [0.25, 0.3) is 17.2 Å². The Bertz CT molecular complexity index is 889. The van der Waals surface area contributed by atoms with Crippen molar-refractivity contribution in [2.45, 2.75) is 77.3 Å². The Kier molecular flexibility index (Phi) is 8.41. The topological polar surface area (TPSA) is 37.4 Å². The van der Waals surface area contributed by atoms with Gasteiger partial charge in [0.15, 0.2) is 5.41 Å². The van der Waals surface area contributed by atoms with E-state index < -0.39 is 100 Å². The van der Waals surface area contributed by atoms with Gasteiger partial charge in [0.2, 0.25) is 0 Å². The molecule has 0 radical (unpaired) electrons. The Balaban J connectivity index is 5.12. The van der Waals surface area contributed by atoms with Gasteiger partial charge in [-0.2, -0.15) is 65.9 Å². The maximum atomic E-state index is 14.9. The molecule has 37 heavy (non-hydrogen) atoms. The highest BCUT2D eigenvalue weighted by atomic mass is 127. The fourth-order valence-electron chi connectivity index (χ4n) is 5.68. The average molecular weight is 691 g/mol. The molecule has 1 fully saturated rings. The van der Waals surface area contributed by atoms with Crippen molar-refractivity contribution in [3.63, 3.8) is 0 Å². The summed E-state index contributed by atoms with van der Waals surface area (Å²) < 4.78 is 217. The predicted octanol–water partition coefficient (Wildman–Crippen LogP) is 8.08. The predicted molar refractivity (Wildman–Crippen MR) is 101 cm³/mol. The van der Waals surface area contributed by atoms with Crippen LogP contribution in [0.5, 0.6) is 0 Å². The Morgan fingerprint density at radius 2 is 1.00 bits per heavy atom. The normalized spacial score (nSPS) is 30.5. The van der Waals surface area contributed by atoms with Gasteiger partial charge < -0.3 is 0 Å². The third-order valence-corrected chi connectivity index (χ3v) is 7.89. The summed E-state index contributed by atoms with van der Waals surface area (Å²) in [5.74, 6) is -7.31. The van der Waals surface area contributed by atoms with Crippen LogP contribution in [0, 0.1) is 21.7 Å². The van der Waals surface area contributed by atoms with E-state index in [-0.39, 0.29) is 22.9 Å². The lowest BCUT2D eigenvalue weighted by Gasteiger charge is -2.61. The largest absolute Gasteiger partial charge is 0.413 e. The van der Waals surface area contributed by atoms with Crippen LogP contribution in [0.1, 0.15) is 46.5 Å². The summed E-state index contributed by atoms with van der Waals surface area (Å²) in [5.41, 5.74) is -25.6. The quantitative estimate of drug-likeness (QED) is 0.130. The molecule has 19 heteroatoms. The van der Waals surface area contributed by atoms with Crippen LogP contribution in [-0.4, -0.2) is 45.8 Å². The fraction of sp³-hybridized carbons (Fsp3) is 0.889. The summed E-state index contributed by atoms with van der Waals surface area (Å²) in [6.45, 7) is -0.267. The summed E-state index contributed by atoms with van der Waals surface area (Å²) in [6, 6.07) is 0. The van der Waals surface area contributed by atoms with Crippen LogP contribution < -0.4 is 0 Å². The molecule has 0 aromatic rings. The molecule has 0 aromatic heterocycles. The molecule has 1 aliphatic rings. The zero-order chi connectivity index (χ0) is 30.1. The lowest BCUT2D eigenvalue weighted by molar-refractivity contribution is -0.468. The first-order valence-electron chi connectivity index (χ1n) is 9.98. The Hall–Kier alpha value is -1.18. The number of imide groups is 1. The Morgan fingerprint density at radius 3 is 1.24 bits per heavy atom. The zero-order valence-electron chi connectivity index (χ0n) is 18.6. The van der Waals surface area contributed by atoms with Crippen molar-refractivity contribution in [1.29, 1.82) is 0 Å². The molecule has 0 aromatic carbocycles. The van der Waals surface area contributed by atoms with E-state index in [0.717, 1.165) is 0 Å². The second-order valence-corrected chi connectivity index (χ2v) is 9.53. The lowest BCUT2D eigenvalue weighted by atomic mass is 9.40. The minimum atomic E-state index is -7.63. The molecular weight excluding hydrogens is 674 g/mol. The van der Waals surface area contributed by atoms with Crippen molar-refractivity contribution >= 4 is 34.7 Å². The standard InChI is InChI=1S/C18H17F15INO2/c1-4-6-11(15(22,23)24)8(36)35(34)9(37)13(17(28,29)30,18(31,32)33)10(3,14(19,20)21)12(11,7-5-2)16(25,26)27/h4-7H2,1-3H3. The molecule has 1 rings (SSSR count). The van der Waals surface area contributed by atoms with Crippen LogP contribution in [0.2, 0.25) is 0 Å². The van der Waals surface area contributed by atoms with Gasteiger partial charge >= 0.3 is 30.9 Å². The number of rotatable bonds is 4. The van der Waals surface area contributed by atoms with E-state index in [1.54, 1.807) is 0 Å². The second kappa shape index (κ2) is 9.19. The van der Waals surface area contributed by atoms with E-state index in [0.29, 0.717) is 13.8 Å². The third-order valence-electron chi connectivity index (χ3n) is 7.01. The third kappa shape index (κ3) is 3.84. The molecule has 1 heterocycles. The van der Waals surface area contributed by atoms with Crippen molar-refractivity contribution in [1.82, 2.24) is 3.11 Å². The average Bonchev–Trinajstić information content (AvgIpc) is 2.68. The minimum absolute atomic E-state index is 0.139. The Morgan fingerprint density at radius 1 is 0.622 bits per heavy atom. The number of hydrogen-bond acceptors (Lipinski definition) is 2. The number of hydrogen-bond donors (Lipinski definition) is 0. The summed E-state index contributed by atoms with van der Waals surface area (Å²) in [5, 5.41) is 0. The van der Waals surface area contributed by atoms with E-state index in [9.17, 15) is 75.4 Å². The molecule has 1 saturated heterocycles. The van der Waals surface area contributed by atoms with Crippen molar-refractivity contribution in [2.24, 2.45) is 21.7 Å². The molecule has 0 aliphatic carbocycles. The summed E-state index contributed by atoms with van der Waals surface area (Å²) in [6.07, 6.45) is -44.5. The molecule has 3 atom stereocenters. The van der Waals surface area contributed by atoms with Gasteiger partial charge in [-0.15, -0.1) is 0 Å². The number of halogens is 16. The number of carbonyl (C=O) groups excluding carboxylic acids is 2. The highest BCUT2D eigenvalue weighted by Crippen LogP contribution is 2.82. The lowest BCUT2D eigenvalue weighted by Crippen LogP contribution is -2.78. The van der Waals surface area contributed by atoms with Crippen molar-refractivity contribution in [3.05, 3.63) is 0 Å². The first kappa shape index (κ1) is 33.8. The van der Waals surface area contributed by atoms with Gasteiger partial charge in [0.1, 0.15) is 10.8 Å². The number of carbonyl (C=O) groups is 2. The van der Waals surface area contributed by atoms with Crippen LogP contribution in [0.4, 0.5) is 65.9 Å². The fourth-order valence-corrected chi connectivity index (χ4v) is 6.45. The van der Waals surface area contributed by atoms with Crippen LogP contribution in [0.25, 0.3) is 0 Å². The molecule has 218 valence electrons. The molecule has 1 aliphatic heterocycles. The van der Waals surface area contributed by atoms with Crippen LogP contribution in [-0.2, 0) is 9.59 Å². The molecular formula is C18H17F15INO2. The molecule has 2 amide bonds. The molecule has 0 saturated carbocycles. The molecule has 3 unspecified atom stereocenters. The van der Waals surface area contributed by atoms with Crippen LogP contribution >= 0.6 is 22.9 Å². The van der Waals surface area contributed by atoms with Gasteiger partial charge in [-0.05, 0) is 19.8 Å². The van der Waals surface area contributed by atoms with Gasteiger partial charge in [-0.25, -0.2) is 3.11 Å². The SMILES string of the molecule is CCCC1(C(F)(F)F)C(=O)N(I)C(=O)C(C(F)(F)F)(C(F)(F)F)C(C)(C(F)(F)F)C1(CCC)C(F)(F)F. The van der Waals surface area contributed by atoms with Gasteiger partial charge in [-0.3, -0.25) is 9.59 Å². The van der Waals surface area contributed by atoms with Gasteiger partial charge in [-0.1, -0.05) is 26.7 Å². The summed E-state index contributed by atoms with van der Waals surface area (Å²) in [4.78, 5) is 25.7. The van der Waals surface area contributed by atoms with E-state index in [1.165, 1.54) is 0 Å². The number of alkyl halides is 15. The minimum Gasteiger partial charge on any atom is -0.273 e. The molecule has 0 spiro atoms. The maximum Gasteiger partial charge on any atom is 0.413 e. The second-order valence-electron chi connectivity index (χ2n) is 8.57. The van der Waals surface area contributed by atoms with Gasteiger partial charge in [0.05, 0.1) is 22.9 Å². The summed E-state index contributed by atoms with van der Waals surface area (Å²) in [7, 11) is 0. The van der Waals surface area contributed by atoms with Gasteiger partial charge in [0, 0.05) is 0 Å². The van der Waals surface area contributed by atoms with E-state index in [2.05, 4.69) is 0 Å². The van der Waals surface area contributed by atoms with Crippen molar-refractivity contribution in [3.8, 4) is 0 Å². The maximum absolute atomic E-state index is 14.9. The van der Waals surface area contributed by atoms with Crippen LogP contribution in [0.15, 0.2) is 0 Å². The first-order valence-corrected chi connectivity index (χ1v) is 10.9. The van der Waals surface area contributed by atoms with E-state index >= 15 is 0 Å². The Labute approximate surface area is 212 Å². The van der Waals surface area contributed by atoms with E-state index in [4.69, 9.17) is 0 Å². The van der Waals surface area contributed by atoms with Crippen molar-refractivity contribution in [2.75, 3.05) is 0 Å². The van der Waals surface area contributed by atoms with Crippen molar-refractivity contribution < 1.29 is 75.4 Å². The van der Waals surface area contributed by atoms with E-state index in [1.807, 2.05) is 0 Å². The monoisotopic (exact) mass is 691 g/mol. The molecule has 3 nitrogen and oxygen atoms in total. The zero-order valence-corrected chi connectivity index (χ0v) is 20.8. The first-order chi connectivity index (χ1) is 16.1. The smallest absolute Gasteiger partial charge is 0.273 e. The number of nitrogens with zero attached hydrogens (tertiary/aromatic N) is 1. The van der Waals surface area contributed by atoms with Crippen LogP contribution in [0.3, 0.4) is 0 Å². The summed E-state index contributed by atoms with van der Waals surface area (Å²) >= 11 is -0.139. The highest BCUT2D eigenvalue weighted by molar-refractivity contribution is 14.1. The molecule has 0 N–H and O–H groups in total.